The summed E-state index contributed by atoms with van der Waals surface area (Å²) >= 11 is 0. The molecule has 7 aliphatic rings. The number of fused-ring (bicyclic) bond motifs is 7. The Hall–Kier alpha value is -3.11. The van der Waals surface area contributed by atoms with Gasteiger partial charge in [-0.25, -0.2) is 9.59 Å². The molecule has 7 rings (SSSR count). The number of esters is 1. The van der Waals surface area contributed by atoms with E-state index in [0.717, 1.165) is 5.57 Å². The third-order valence-electron chi connectivity index (χ3n) is 17.7. The van der Waals surface area contributed by atoms with Crippen molar-refractivity contribution in [2.45, 2.75) is 173 Å². The fourth-order valence-electron chi connectivity index (χ4n) is 13.8. The Labute approximate surface area is 364 Å². The molecule has 2 saturated heterocycles. The van der Waals surface area contributed by atoms with Crippen LogP contribution in [0.15, 0.2) is 11.6 Å². The van der Waals surface area contributed by atoms with Crippen LogP contribution in [0.1, 0.15) is 99.8 Å². The smallest absolute Gasteiger partial charge is 0.335 e. The molecule has 2 heterocycles. The van der Waals surface area contributed by atoms with Gasteiger partial charge >= 0.3 is 23.9 Å². The number of hydrogen-bond donors (Lipinski definition) is 9. The fourth-order valence-corrected chi connectivity index (χ4v) is 13.8. The summed E-state index contributed by atoms with van der Waals surface area (Å²) in [6.07, 6.45) is -17.0. The van der Waals surface area contributed by atoms with Crippen LogP contribution in [0.3, 0.4) is 0 Å². The number of aliphatic hydroxyl groups is 6. The van der Waals surface area contributed by atoms with Crippen molar-refractivity contribution in [3.05, 3.63) is 11.6 Å². The Morgan fingerprint density at radius 3 is 1.89 bits per heavy atom. The van der Waals surface area contributed by atoms with Gasteiger partial charge in [-0.15, -0.1) is 0 Å². The van der Waals surface area contributed by atoms with Crippen LogP contribution in [0.4, 0.5) is 0 Å². The standard InChI is InChI=1S/C44H64O19/c1-18(46)59-24-16-39(2,38(57)58)15-20-19-14-21(47)33-41(4)10-9-23(42(5,17-45)22(41)8-11-44(33,7)43(19,6)13-12-40(20,24)3)60-37-32(28(51)27(50)31(62-37)35(55)56)63-36-29(52)25(48)26(49)30(61-36)34(53)54/h14,20,22-33,36-37,45,48-52H,8-13,15-17H2,1-7H3,(H,53,54)(H,55,56)(H,57,58)/t20-,22+,23-,24+,25-,26-,27-,28-,29+,30-,31-,32+,33+,36-,37-,39+,40+,41-,42+,43+,44+/m0/s1. The van der Waals surface area contributed by atoms with Crippen LogP contribution in [-0.2, 0) is 47.7 Å². The van der Waals surface area contributed by atoms with E-state index in [1.54, 1.807) is 19.9 Å². The lowest BCUT2D eigenvalue weighted by molar-refractivity contribution is -0.372. The topological polar surface area (TPSA) is 314 Å². The summed E-state index contributed by atoms with van der Waals surface area (Å²) in [6.45, 7) is 12.7. The quantitative estimate of drug-likeness (QED) is 0.114. The lowest BCUT2D eigenvalue weighted by Crippen LogP contribution is -2.69. The number of carboxylic acid groups (broad SMARTS) is 3. The summed E-state index contributed by atoms with van der Waals surface area (Å²) in [4.78, 5) is 64.3. The van der Waals surface area contributed by atoms with Crippen LogP contribution in [0.5, 0.6) is 0 Å². The molecule has 0 amide bonds. The monoisotopic (exact) mass is 896 g/mol. The Bertz CT molecular complexity index is 1910. The molecule has 0 aromatic rings. The maximum atomic E-state index is 15.0. The first-order chi connectivity index (χ1) is 29.1. The van der Waals surface area contributed by atoms with E-state index in [1.165, 1.54) is 6.92 Å². The molecule has 5 aliphatic carbocycles. The Morgan fingerprint density at radius 1 is 0.714 bits per heavy atom. The number of ketones is 1. The van der Waals surface area contributed by atoms with Gasteiger partial charge in [-0.3, -0.25) is 14.4 Å². The molecule has 21 atom stereocenters. The van der Waals surface area contributed by atoms with Crippen molar-refractivity contribution in [2.75, 3.05) is 6.61 Å². The van der Waals surface area contributed by atoms with Crippen molar-refractivity contribution in [2.24, 2.45) is 50.2 Å². The molecule has 19 nitrogen and oxygen atoms in total. The number of allylic oxidation sites excluding steroid dienone is 2. The van der Waals surface area contributed by atoms with Crippen LogP contribution in [0.2, 0.25) is 0 Å². The van der Waals surface area contributed by atoms with Gasteiger partial charge in [0, 0.05) is 30.1 Å². The summed E-state index contributed by atoms with van der Waals surface area (Å²) in [5.41, 5.74) is -4.05. The molecule has 19 heteroatoms. The Kier molecular flexibility index (Phi) is 12.2. The van der Waals surface area contributed by atoms with Crippen molar-refractivity contribution in [1.82, 2.24) is 0 Å². The highest BCUT2D eigenvalue weighted by Crippen LogP contribution is 2.75. The number of carboxylic acids is 3. The molecule has 63 heavy (non-hydrogen) atoms. The molecule has 0 aromatic heterocycles. The van der Waals surface area contributed by atoms with Crippen molar-refractivity contribution < 1.29 is 93.6 Å². The summed E-state index contributed by atoms with van der Waals surface area (Å²) < 4.78 is 29.1. The minimum atomic E-state index is -2.12. The zero-order valence-corrected chi connectivity index (χ0v) is 36.7. The molecular formula is C44H64O19. The van der Waals surface area contributed by atoms with Gasteiger partial charge in [-0.05, 0) is 86.0 Å². The van der Waals surface area contributed by atoms with Crippen LogP contribution < -0.4 is 0 Å². The molecule has 0 radical (unpaired) electrons. The molecule has 354 valence electrons. The second-order valence-corrected chi connectivity index (χ2v) is 21.1. The van der Waals surface area contributed by atoms with Gasteiger partial charge < -0.3 is 69.6 Å². The predicted molar refractivity (Wildman–Crippen MR) is 212 cm³/mol. The van der Waals surface area contributed by atoms with Gasteiger partial charge in [-0.1, -0.05) is 40.2 Å². The van der Waals surface area contributed by atoms with Crippen LogP contribution in [0.25, 0.3) is 0 Å². The number of aliphatic carboxylic acids is 3. The van der Waals surface area contributed by atoms with Gasteiger partial charge in [0.2, 0.25) is 0 Å². The van der Waals surface area contributed by atoms with Gasteiger partial charge in [0.1, 0.15) is 42.7 Å². The van der Waals surface area contributed by atoms with Gasteiger partial charge in [-0.2, -0.15) is 0 Å². The minimum Gasteiger partial charge on any atom is -0.481 e. The number of ether oxygens (including phenoxy) is 5. The van der Waals surface area contributed by atoms with Crippen molar-refractivity contribution in [3.8, 4) is 0 Å². The largest absolute Gasteiger partial charge is 0.481 e. The van der Waals surface area contributed by atoms with E-state index in [1.807, 2.05) is 13.8 Å². The first kappa shape index (κ1) is 47.8. The van der Waals surface area contributed by atoms with Crippen LogP contribution in [0, 0.1) is 50.2 Å². The molecular weight excluding hydrogens is 832 g/mol. The van der Waals surface area contributed by atoms with E-state index in [-0.39, 0.29) is 31.0 Å². The van der Waals surface area contributed by atoms with Gasteiger partial charge in [0.05, 0.1) is 18.1 Å². The normalized spacial score (nSPS) is 51.9. The molecule has 9 N–H and O–H groups in total. The van der Waals surface area contributed by atoms with E-state index in [0.29, 0.717) is 32.1 Å². The van der Waals surface area contributed by atoms with E-state index in [2.05, 4.69) is 13.8 Å². The summed E-state index contributed by atoms with van der Waals surface area (Å²) in [5, 5.41) is 94.8. The third kappa shape index (κ3) is 7.10. The van der Waals surface area contributed by atoms with Gasteiger partial charge in [0.15, 0.2) is 30.6 Å². The van der Waals surface area contributed by atoms with Gasteiger partial charge in [0.25, 0.3) is 0 Å². The average Bonchev–Trinajstić information content (AvgIpc) is 3.19. The molecule has 0 spiro atoms. The SMILES string of the molecule is CC(=O)O[C@@H]1C[C@](C)(C(=O)O)C[C@H]2C3=CC(=O)[C@@H]4[C@@]5(C)CC[C@H](O[C@H]6O[C@H](C(=O)O)[C@@H](O)[C@H](O)[C@H]6O[C@@H]6O[C@H](C(=O)O)[C@@H](O)[C@H](O)[C@H]6O)[C@](C)(CO)[C@@H]5CC[C@@]4(C)[C@]3(C)CC[C@@]12C. The van der Waals surface area contributed by atoms with Crippen molar-refractivity contribution in [1.29, 1.82) is 0 Å². The summed E-state index contributed by atoms with van der Waals surface area (Å²) in [5.74, 6) is -6.31. The van der Waals surface area contributed by atoms with E-state index in [4.69, 9.17) is 23.7 Å². The number of carbonyl (C=O) groups is 5. The second kappa shape index (κ2) is 16.0. The Morgan fingerprint density at radius 2 is 1.32 bits per heavy atom. The molecule has 2 aliphatic heterocycles. The highest BCUT2D eigenvalue weighted by atomic mass is 16.8. The molecule has 0 unspecified atom stereocenters. The number of carbonyl (C=O) groups excluding carboxylic acids is 2. The Balaban J connectivity index is 1.21. The third-order valence-corrected chi connectivity index (χ3v) is 17.7. The molecule has 0 aromatic carbocycles. The van der Waals surface area contributed by atoms with E-state index >= 15 is 4.79 Å². The number of aliphatic hydroxyl groups excluding tert-OH is 6. The van der Waals surface area contributed by atoms with Crippen LogP contribution >= 0.6 is 0 Å². The zero-order chi connectivity index (χ0) is 46.7. The maximum Gasteiger partial charge on any atom is 0.335 e. The zero-order valence-electron chi connectivity index (χ0n) is 36.7. The fraction of sp³-hybridized carbons (Fsp3) is 0.841. The van der Waals surface area contributed by atoms with E-state index in [9.17, 15) is 65.1 Å². The van der Waals surface area contributed by atoms with Crippen LogP contribution in [-0.4, -0.2) is 156 Å². The minimum absolute atomic E-state index is 0.115. The first-order valence-electron chi connectivity index (χ1n) is 21.9. The molecule has 6 fully saturated rings. The maximum absolute atomic E-state index is 15.0. The lowest BCUT2D eigenvalue weighted by Gasteiger charge is -2.71. The molecule has 4 saturated carbocycles. The van der Waals surface area contributed by atoms with E-state index < -0.39 is 148 Å². The number of hydrogen-bond acceptors (Lipinski definition) is 16. The average molecular weight is 897 g/mol. The predicted octanol–water partition coefficient (Wildman–Crippen LogP) is 0.760. The van der Waals surface area contributed by atoms with Crippen molar-refractivity contribution >= 4 is 29.7 Å². The summed E-state index contributed by atoms with van der Waals surface area (Å²) in [6, 6.07) is 0. The molecule has 0 bridgehead atoms. The lowest BCUT2D eigenvalue weighted by atomic mass is 9.33. The van der Waals surface area contributed by atoms with Crippen molar-refractivity contribution in [3.63, 3.8) is 0 Å². The second-order valence-electron chi connectivity index (χ2n) is 21.1. The number of rotatable bonds is 9. The first-order valence-corrected chi connectivity index (χ1v) is 21.9. The highest BCUT2D eigenvalue weighted by Gasteiger charge is 2.72. The summed E-state index contributed by atoms with van der Waals surface area (Å²) in [7, 11) is 0. The highest BCUT2D eigenvalue weighted by molar-refractivity contribution is 5.95.